The first-order valence-electron chi connectivity index (χ1n) is 3.67. The van der Waals surface area contributed by atoms with Crippen LogP contribution >= 0.6 is 12.4 Å². The lowest BCUT2D eigenvalue weighted by atomic mass is 10.3. The summed E-state index contributed by atoms with van der Waals surface area (Å²) in [6.07, 6.45) is 2.06. The summed E-state index contributed by atoms with van der Waals surface area (Å²) in [5.41, 5.74) is 5.20. The maximum atomic E-state index is 10.7. The smallest absolute Gasteiger partial charge is 0.305 e. The van der Waals surface area contributed by atoms with Crippen molar-refractivity contribution in [1.29, 1.82) is 0 Å². The lowest BCUT2D eigenvalue weighted by Gasteiger charge is -2.00. The zero-order valence-corrected chi connectivity index (χ0v) is 7.65. The minimum atomic E-state index is -0.132. The standard InChI is InChI=1S/C7H15NO2.ClH/c1-2-6-10-7(9)4-3-5-8;/h2-6,8H2,1H3;1H. The lowest BCUT2D eigenvalue weighted by Crippen LogP contribution is -2.08. The van der Waals surface area contributed by atoms with E-state index in [1.54, 1.807) is 0 Å². The molecule has 0 amide bonds. The minimum absolute atomic E-state index is 0. The van der Waals surface area contributed by atoms with Crippen LogP contribution in [0.5, 0.6) is 0 Å². The second-order valence-electron chi connectivity index (χ2n) is 2.11. The number of carbonyl (C=O) groups excluding carboxylic acids is 1. The molecule has 0 aromatic heterocycles. The van der Waals surface area contributed by atoms with E-state index in [4.69, 9.17) is 10.5 Å². The number of nitrogens with two attached hydrogens (primary N) is 1. The molecule has 0 spiro atoms. The largest absolute Gasteiger partial charge is 0.466 e. The van der Waals surface area contributed by atoms with Gasteiger partial charge in [-0.05, 0) is 19.4 Å². The van der Waals surface area contributed by atoms with E-state index in [1.165, 1.54) is 0 Å². The third-order valence-corrected chi connectivity index (χ3v) is 1.05. The molecule has 11 heavy (non-hydrogen) atoms. The summed E-state index contributed by atoms with van der Waals surface area (Å²) in [4.78, 5) is 10.7. The van der Waals surface area contributed by atoms with Gasteiger partial charge in [0.15, 0.2) is 0 Å². The Kier molecular flexibility index (Phi) is 11.8. The van der Waals surface area contributed by atoms with E-state index >= 15 is 0 Å². The number of rotatable bonds is 5. The monoisotopic (exact) mass is 181 g/mol. The van der Waals surface area contributed by atoms with Gasteiger partial charge in [0, 0.05) is 6.42 Å². The zero-order chi connectivity index (χ0) is 7.82. The zero-order valence-electron chi connectivity index (χ0n) is 6.84. The Labute approximate surface area is 73.7 Å². The molecule has 0 bridgehead atoms. The molecule has 0 aliphatic rings. The molecule has 0 saturated carbocycles. The van der Waals surface area contributed by atoms with Crippen LogP contribution in [0.2, 0.25) is 0 Å². The van der Waals surface area contributed by atoms with E-state index in [2.05, 4.69) is 0 Å². The van der Waals surface area contributed by atoms with Crippen LogP contribution in [0.4, 0.5) is 0 Å². The molecule has 0 aliphatic heterocycles. The van der Waals surface area contributed by atoms with E-state index in [-0.39, 0.29) is 18.4 Å². The van der Waals surface area contributed by atoms with Gasteiger partial charge in [-0.15, -0.1) is 12.4 Å². The fraction of sp³-hybridized carbons (Fsp3) is 0.857. The van der Waals surface area contributed by atoms with Crippen LogP contribution in [-0.4, -0.2) is 19.1 Å². The van der Waals surface area contributed by atoms with Gasteiger partial charge >= 0.3 is 5.97 Å². The highest BCUT2D eigenvalue weighted by Gasteiger charge is 1.98. The summed E-state index contributed by atoms with van der Waals surface area (Å²) in [5.74, 6) is -0.132. The summed E-state index contributed by atoms with van der Waals surface area (Å²) in [7, 11) is 0. The molecule has 0 atom stereocenters. The lowest BCUT2D eigenvalue weighted by molar-refractivity contribution is -0.143. The number of esters is 1. The maximum Gasteiger partial charge on any atom is 0.305 e. The quantitative estimate of drug-likeness (QED) is 0.647. The van der Waals surface area contributed by atoms with Crippen molar-refractivity contribution in [3.63, 3.8) is 0 Å². The van der Waals surface area contributed by atoms with Gasteiger partial charge in [-0.1, -0.05) is 6.92 Å². The van der Waals surface area contributed by atoms with Crippen molar-refractivity contribution in [2.24, 2.45) is 5.73 Å². The Morgan fingerprint density at radius 3 is 2.64 bits per heavy atom. The average molecular weight is 182 g/mol. The van der Waals surface area contributed by atoms with Gasteiger partial charge in [-0.25, -0.2) is 0 Å². The van der Waals surface area contributed by atoms with Gasteiger partial charge in [0.1, 0.15) is 0 Å². The Morgan fingerprint density at radius 1 is 1.55 bits per heavy atom. The molecule has 0 aliphatic carbocycles. The topological polar surface area (TPSA) is 52.3 Å². The highest BCUT2D eigenvalue weighted by atomic mass is 35.5. The minimum Gasteiger partial charge on any atom is -0.466 e. The summed E-state index contributed by atoms with van der Waals surface area (Å²) in [6, 6.07) is 0. The van der Waals surface area contributed by atoms with Gasteiger partial charge in [-0.3, -0.25) is 4.79 Å². The van der Waals surface area contributed by atoms with E-state index in [1.807, 2.05) is 6.92 Å². The molecule has 68 valence electrons. The van der Waals surface area contributed by atoms with Crippen molar-refractivity contribution in [3.8, 4) is 0 Å². The first-order chi connectivity index (χ1) is 4.81. The van der Waals surface area contributed by atoms with Gasteiger partial charge < -0.3 is 10.5 Å². The van der Waals surface area contributed by atoms with Gasteiger partial charge in [0.2, 0.25) is 0 Å². The van der Waals surface area contributed by atoms with E-state index in [0.29, 0.717) is 19.6 Å². The van der Waals surface area contributed by atoms with Crippen molar-refractivity contribution >= 4 is 18.4 Å². The van der Waals surface area contributed by atoms with Crippen molar-refractivity contribution in [1.82, 2.24) is 0 Å². The fourth-order valence-electron chi connectivity index (χ4n) is 0.534. The Balaban J connectivity index is 0. The van der Waals surface area contributed by atoms with Crippen LogP contribution in [0.1, 0.15) is 26.2 Å². The SMILES string of the molecule is CCCOC(=O)CCCN.Cl. The molecule has 0 aromatic rings. The summed E-state index contributed by atoms with van der Waals surface area (Å²) in [5, 5.41) is 0. The molecule has 0 rings (SSSR count). The Bertz CT molecular complexity index is 88.4. The highest BCUT2D eigenvalue weighted by Crippen LogP contribution is 1.91. The number of hydrogen-bond donors (Lipinski definition) is 1. The molecular weight excluding hydrogens is 166 g/mol. The predicted molar refractivity (Wildman–Crippen MR) is 46.8 cm³/mol. The number of hydrogen-bond acceptors (Lipinski definition) is 3. The van der Waals surface area contributed by atoms with E-state index in [9.17, 15) is 4.79 Å². The molecule has 3 nitrogen and oxygen atoms in total. The van der Waals surface area contributed by atoms with Crippen molar-refractivity contribution < 1.29 is 9.53 Å². The van der Waals surface area contributed by atoms with Gasteiger partial charge in [0.25, 0.3) is 0 Å². The van der Waals surface area contributed by atoms with Crippen molar-refractivity contribution in [2.45, 2.75) is 26.2 Å². The van der Waals surface area contributed by atoms with Crippen LogP contribution < -0.4 is 5.73 Å². The average Bonchev–Trinajstić information content (AvgIpc) is 1.97. The predicted octanol–water partition coefficient (Wildman–Crippen LogP) is 1.10. The molecular formula is C7H16ClNO2. The summed E-state index contributed by atoms with van der Waals surface area (Å²) < 4.78 is 4.80. The Hall–Kier alpha value is -0.280. The maximum absolute atomic E-state index is 10.7. The summed E-state index contributed by atoms with van der Waals surface area (Å²) >= 11 is 0. The van der Waals surface area contributed by atoms with Crippen LogP contribution in [-0.2, 0) is 9.53 Å². The number of carbonyl (C=O) groups is 1. The third kappa shape index (κ3) is 9.72. The normalized spacial score (nSPS) is 8.55. The summed E-state index contributed by atoms with van der Waals surface area (Å²) in [6.45, 7) is 3.06. The third-order valence-electron chi connectivity index (χ3n) is 1.05. The first kappa shape index (κ1) is 13.3. The fourth-order valence-corrected chi connectivity index (χ4v) is 0.534. The van der Waals surface area contributed by atoms with E-state index < -0.39 is 0 Å². The van der Waals surface area contributed by atoms with Crippen LogP contribution in [0.15, 0.2) is 0 Å². The van der Waals surface area contributed by atoms with Gasteiger partial charge in [0.05, 0.1) is 6.61 Å². The highest BCUT2D eigenvalue weighted by molar-refractivity contribution is 5.85. The van der Waals surface area contributed by atoms with Crippen LogP contribution in [0, 0.1) is 0 Å². The molecule has 0 fully saturated rings. The Morgan fingerprint density at radius 2 is 2.18 bits per heavy atom. The molecule has 0 unspecified atom stereocenters. The van der Waals surface area contributed by atoms with Gasteiger partial charge in [-0.2, -0.15) is 0 Å². The molecule has 0 heterocycles. The molecule has 0 saturated heterocycles. The second-order valence-corrected chi connectivity index (χ2v) is 2.11. The van der Waals surface area contributed by atoms with Crippen LogP contribution in [0.3, 0.4) is 0 Å². The van der Waals surface area contributed by atoms with Crippen LogP contribution in [0.25, 0.3) is 0 Å². The first-order valence-corrected chi connectivity index (χ1v) is 3.67. The molecule has 4 heteroatoms. The molecule has 0 aromatic carbocycles. The molecule has 0 radical (unpaired) electrons. The second kappa shape index (κ2) is 9.72. The number of ether oxygens (including phenoxy) is 1. The number of halogens is 1. The van der Waals surface area contributed by atoms with E-state index in [0.717, 1.165) is 12.8 Å². The molecule has 2 N–H and O–H groups in total. The van der Waals surface area contributed by atoms with Crippen molar-refractivity contribution in [3.05, 3.63) is 0 Å². The van der Waals surface area contributed by atoms with Crippen molar-refractivity contribution in [2.75, 3.05) is 13.2 Å².